The van der Waals surface area contributed by atoms with Crippen molar-refractivity contribution >= 4 is 6.03 Å². The summed E-state index contributed by atoms with van der Waals surface area (Å²) in [5.74, 6) is 0.0568. The average molecular weight is 344 g/mol. The van der Waals surface area contributed by atoms with Gasteiger partial charge in [0, 0.05) is 24.3 Å². The molecule has 0 saturated heterocycles. The third-order valence-electron chi connectivity index (χ3n) is 4.72. The van der Waals surface area contributed by atoms with Crippen molar-refractivity contribution in [2.45, 2.75) is 46.8 Å². The summed E-state index contributed by atoms with van der Waals surface area (Å²) in [6.07, 6.45) is 0. The molecule has 1 heterocycles. The number of amides is 2. The van der Waals surface area contributed by atoms with E-state index in [4.69, 9.17) is 0 Å². The van der Waals surface area contributed by atoms with Crippen molar-refractivity contribution in [2.75, 3.05) is 6.54 Å². The van der Waals surface area contributed by atoms with Crippen molar-refractivity contribution in [3.8, 4) is 5.69 Å². The highest BCUT2D eigenvalue weighted by Crippen LogP contribution is 2.18. The largest absolute Gasteiger partial charge is 0.388 e. The van der Waals surface area contributed by atoms with Gasteiger partial charge in [-0.05, 0) is 38.8 Å². The number of hydrogen-bond acceptors (Lipinski definition) is 3. The van der Waals surface area contributed by atoms with Crippen LogP contribution in [-0.4, -0.2) is 33.1 Å². The third-order valence-corrected chi connectivity index (χ3v) is 4.72. The number of aryl methyl sites for hydroxylation is 1. The Labute approximate surface area is 149 Å². The molecular formula is C19H28N4O2. The van der Waals surface area contributed by atoms with E-state index in [0.717, 1.165) is 22.6 Å². The first kappa shape index (κ1) is 19.0. The fourth-order valence-corrected chi connectivity index (χ4v) is 2.45. The molecule has 0 aliphatic rings. The number of aliphatic hydroxyl groups is 1. The third kappa shape index (κ3) is 4.60. The Balaban J connectivity index is 2.00. The van der Waals surface area contributed by atoms with Gasteiger partial charge < -0.3 is 15.7 Å². The molecule has 6 nitrogen and oxygen atoms in total. The predicted molar refractivity (Wildman–Crippen MR) is 98.7 cm³/mol. The van der Waals surface area contributed by atoms with Gasteiger partial charge in [-0.2, -0.15) is 5.10 Å². The van der Waals surface area contributed by atoms with Gasteiger partial charge in [0.25, 0.3) is 0 Å². The lowest BCUT2D eigenvalue weighted by molar-refractivity contribution is 0.0166. The summed E-state index contributed by atoms with van der Waals surface area (Å²) in [5.41, 5.74) is 2.94. The van der Waals surface area contributed by atoms with Gasteiger partial charge in [-0.15, -0.1) is 0 Å². The van der Waals surface area contributed by atoms with Crippen LogP contribution in [0.5, 0.6) is 0 Å². The van der Waals surface area contributed by atoms with Gasteiger partial charge in [-0.25, -0.2) is 9.48 Å². The Morgan fingerprint density at radius 2 is 1.88 bits per heavy atom. The Morgan fingerprint density at radius 3 is 2.48 bits per heavy atom. The molecule has 1 unspecified atom stereocenters. The molecule has 2 amide bonds. The lowest BCUT2D eigenvalue weighted by Crippen LogP contribution is -2.47. The SMILES string of the molecule is Cc1nn(-c2ccccc2)c(C)c1CNC(=O)NCC(C)(O)C(C)C. The lowest BCUT2D eigenvalue weighted by atomic mass is 9.93. The highest BCUT2D eigenvalue weighted by molar-refractivity contribution is 5.74. The predicted octanol–water partition coefficient (Wildman–Crippen LogP) is 2.70. The molecule has 1 atom stereocenters. The molecule has 0 spiro atoms. The van der Waals surface area contributed by atoms with Crippen LogP contribution in [0.25, 0.3) is 5.69 Å². The molecule has 6 heteroatoms. The first-order valence-corrected chi connectivity index (χ1v) is 8.57. The molecule has 2 aromatic rings. The van der Waals surface area contributed by atoms with Crippen molar-refractivity contribution in [3.63, 3.8) is 0 Å². The van der Waals surface area contributed by atoms with Crippen LogP contribution in [0.15, 0.2) is 30.3 Å². The van der Waals surface area contributed by atoms with Crippen LogP contribution in [0.1, 0.15) is 37.7 Å². The molecule has 25 heavy (non-hydrogen) atoms. The van der Waals surface area contributed by atoms with Crippen LogP contribution in [0.2, 0.25) is 0 Å². The van der Waals surface area contributed by atoms with Crippen LogP contribution >= 0.6 is 0 Å². The van der Waals surface area contributed by atoms with Crippen molar-refractivity contribution in [1.82, 2.24) is 20.4 Å². The molecule has 0 radical (unpaired) electrons. The number of hydrogen-bond donors (Lipinski definition) is 3. The zero-order valence-corrected chi connectivity index (χ0v) is 15.6. The Hall–Kier alpha value is -2.34. The van der Waals surface area contributed by atoms with Gasteiger partial charge in [0.05, 0.1) is 17.0 Å². The summed E-state index contributed by atoms with van der Waals surface area (Å²) < 4.78 is 1.88. The van der Waals surface area contributed by atoms with E-state index in [1.165, 1.54) is 0 Å². The second kappa shape index (κ2) is 7.70. The minimum absolute atomic E-state index is 0.0568. The maximum atomic E-state index is 12.0. The number of carbonyl (C=O) groups is 1. The fourth-order valence-electron chi connectivity index (χ4n) is 2.45. The molecule has 0 fully saturated rings. The van der Waals surface area contributed by atoms with E-state index in [9.17, 15) is 9.90 Å². The van der Waals surface area contributed by atoms with Gasteiger partial charge in [0.1, 0.15) is 0 Å². The number of aromatic nitrogens is 2. The van der Waals surface area contributed by atoms with Crippen molar-refractivity contribution in [2.24, 2.45) is 5.92 Å². The molecule has 0 saturated carbocycles. The van der Waals surface area contributed by atoms with Crippen molar-refractivity contribution in [1.29, 1.82) is 0 Å². The van der Waals surface area contributed by atoms with Crippen LogP contribution in [0, 0.1) is 19.8 Å². The molecule has 2 rings (SSSR count). The smallest absolute Gasteiger partial charge is 0.315 e. The Morgan fingerprint density at radius 1 is 1.24 bits per heavy atom. The number of para-hydroxylation sites is 1. The van der Waals surface area contributed by atoms with Gasteiger partial charge in [-0.3, -0.25) is 0 Å². The number of urea groups is 1. The van der Waals surface area contributed by atoms with Gasteiger partial charge in [0.2, 0.25) is 0 Å². The van der Waals surface area contributed by atoms with E-state index >= 15 is 0 Å². The van der Waals surface area contributed by atoms with Crippen LogP contribution < -0.4 is 10.6 Å². The Kier molecular flexibility index (Phi) is 5.85. The summed E-state index contributed by atoms with van der Waals surface area (Å²) in [7, 11) is 0. The summed E-state index contributed by atoms with van der Waals surface area (Å²) >= 11 is 0. The number of rotatable bonds is 6. The van der Waals surface area contributed by atoms with E-state index in [1.54, 1.807) is 6.92 Å². The second-order valence-corrected chi connectivity index (χ2v) is 6.94. The van der Waals surface area contributed by atoms with E-state index < -0.39 is 5.60 Å². The number of nitrogens with zero attached hydrogens (tertiary/aromatic N) is 2. The van der Waals surface area contributed by atoms with Crippen molar-refractivity contribution in [3.05, 3.63) is 47.3 Å². The quantitative estimate of drug-likeness (QED) is 0.754. The number of nitrogens with one attached hydrogen (secondary N) is 2. The van der Waals surface area contributed by atoms with E-state index in [2.05, 4.69) is 15.7 Å². The first-order valence-electron chi connectivity index (χ1n) is 8.57. The monoisotopic (exact) mass is 344 g/mol. The maximum absolute atomic E-state index is 12.0. The molecular weight excluding hydrogens is 316 g/mol. The molecule has 1 aromatic carbocycles. The summed E-state index contributed by atoms with van der Waals surface area (Å²) in [6, 6.07) is 9.60. The standard InChI is InChI=1S/C19H28N4O2/c1-13(2)19(5,25)12-21-18(24)20-11-17-14(3)22-23(15(17)4)16-9-7-6-8-10-16/h6-10,13,25H,11-12H2,1-5H3,(H2,20,21,24). The average Bonchev–Trinajstić information content (AvgIpc) is 2.86. The van der Waals surface area contributed by atoms with E-state index in [1.807, 2.05) is 62.7 Å². The van der Waals surface area contributed by atoms with Gasteiger partial charge >= 0.3 is 6.03 Å². The molecule has 0 bridgehead atoms. The van der Waals surface area contributed by atoms with E-state index in [0.29, 0.717) is 6.54 Å². The number of carbonyl (C=O) groups excluding carboxylic acids is 1. The minimum atomic E-state index is -0.929. The van der Waals surface area contributed by atoms with Gasteiger partial charge in [0.15, 0.2) is 0 Å². The van der Waals surface area contributed by atoms with E-state index in [-0.39, 0.29) is 18.5 Å². The summed E-state index contributed by atoms with van der Waals surface area (Å²) in [6.45, 7) is 10.1. The second-order valence-electron chi connectivity index (χ2n) is 6.94. The van der Waals surface area contributed by atoms with Crippen LogP contribution in [-0.2, 0) is 6.54 Å². The summed E-state index contributed by atoms with van der Waals surface area (Å²) in [5, 5.41) is 20.3. The first-order chi connectivity index (χ1) is 11.7. The highest BCUT2D eigenvalue weighted by atomic mass is 16.3. The summed E-state index contributed by atoms with van der Waals surface area (Å²) in [4.78, 5) is 12.0. The molecule has 0 aliphatic carbocycles. The fraction of sp³-hybridized carbons (Fsp3) is 0.474. The normalized spacial score (nSPS) is 13.6. The molecule has 1 aromatic heterocycles. The van der Waals surface area contributed by atoms with Gasteiger partial charge in [-0.1, -0.05) is 32.0 Å². The Bertz CT molecular complexity index is 721. The van der Waals surface area contributed by atoms with Crippen LogP contribution in [0.3, 0.4) is 0 Å². The van der Waals surface area contributed by atoms with Crippen LogP contribution in [0.4, 0.5) is 4.79 Å². The molecule has 136 valence electrons. The maximum Gasteiger partial charge on any atom is 0.315 e. The molecule has 3 N–H and O–H groups in total. The minimum Gasteiger partial charge on any atom is -0.388 e. The highest BCUT2D eigenvalue weighted by Gasteiger charge is 2.25. The number of benzene rings is 1. The lowest BCUT2D eigenvalue weighted by Gasteiger charge is -2.27. The zero-order chi connectivity index (χ0) is 18.6. The van der Waals surface area contributed by atoms with Crippen molar-refractivity contribution < 1.29 is 9.90 Å². The molecule has 0 aliphatic heterocycles. The topological polar surface area (TPSA) is 79.2 Å². The zero-order valence-electron chi connectivity index (χ0n) is 15.6.